The maximum Gasteiger partial charge on any atom is 0.258 e. The first-order valence-electron chi connectivity index (χ1n) is 14.9. The number of fused-ring (bicyclic) bond motifs is 8. The summed E-state index contributed by atoms with van der Waals surface area (Å²) < 4.78 is 7.09. The molecule has 2 heterocycles. The number of para-hydroxylation sites is 1. The molecule has 2 aliphatic heterocycles. The minimum Gasteiger partial charge on any atom is -0.458 e. The molecule has 0 saturated heterocycles. The van der Waals surface area contributed by atoms with E-state index in [0.29, 0.717) is 5.92 Å². The fourth-order valence-corrected chi connectivity index (χ4v) is 7.30. The molecule has 0 aromatic heterocycles. The molecule has 2 aliphatic rings. The van der Waals surface area contributed by atoms with Crippen LogP contribution in [0.3, 0.4) is 0 Å². The summed E-state index contributed by atoms with van der Waals surface area (Å²) in [5.74, 6) is 2.44. The van der Waals surface area contributed by atoms with Crippen molar-refractivity contribution in [2.24, 2.45) is 0 Å². The van der Waals surface area contributed by atoms with Gasteiger partial charge in [0, 0.05) is 17.1 Å². The highest BCUT2D eigenvalue weighted by Crippen LogP contribution is 2.46. The number of rotatable bonds is 4. The second-order valence-corrected chi connectivity index (χ2v) is 11.7. The highest BCUT2D eigenvalue weighted by Gasteiger charge is 2.45. The van der Waals surface area contributed by atoms with E-state index in [0.717, 1.165) is 24.3 Å². The summed E-state index contributed by atoms with van der Waals surface area (Å²) in [6.45, 7) is 6.96. The van der Waals surface area contributed by atoms with E-state index in [-0.39, 0.29) is 6.71 Å². The standard InChI is InChI=1S/C38H32BNO/c1-4-12-30-31(24(2)3)23-33-37-38(30)41-34-22-20-26-14-9-11-18-29(26)36(34)39(37)35-28-17-10-8-13-25(28)19-21-32(35)40(33)27-15-6-5-7-16-27/h5-11,13-24H,4,12H2,1-3H3. The van der Waals surface area contributed by atoms with Crippen molar-refractivity contribution >= 4 is 61.7 Å². The second kappa shape index (κ2) is 9.28. The highest BCUT2D eigenvalue weighted by atomic mass is 16.5. The summed E-state index contributed by atoms with van der Waals surface area (Å²) >= 11 is 0. The van der Waals surface area contributed by atoms with Crippen LogP contribution < -0.4 is 26.0 Å². The van der Waals surface area contributed by atoms with E-state index in [1.165, 1.54) is 66.1 Å². The van der Waals surface area contributed by atoms with Crippen LogP contribution >= 0.6 is 0 Å². The van der Waals surface area contributed by atoms with Crippen LogP contribution in [-0.4, -0.2) is 6.71 Å². The van der Waals surface area contributed by atoms with Gasteiger partial charge in [0.1, 0.15) is 11.5 Å². The molecule has 8 rings (SSSR count). The molecular weight excluding hydrogens is 497 g/mol. The minimum absolute atomic E-state index is 0.0627. The van der Waals surface area contributed by atoms with E-state index in [4.69, 9.17) is 4.74 Å². The molecule has 6 aromatic rings. The Kier molecular flexibility index (Phi) is 5.50. The number of hydrogen-bond donors (Lipinski definition) is 0. The molecule has 2 nitrogen and oxygen atoms in total. The van der Waals surface area contributed by atoms with Crippen LogP contribution in [0.15, 0.2) is 109 Å². The Labute approximate surface area is 242 Å². The van der Waals surface area contributed by atoms with E-state index in [1.807, 2.05) is 0 Å². The molecular formula is C38H32BNO. The Hall–Kier alpha value is -4.50. The molecule has 198 valence electrons. The third-order valence-electron chi connectivity index (χ3n) is 9.01. The van der Waals surface area contributed by atoms with Crippen LogP contribution in [0.5, 0.6) is 11.5 Å². The topological polar surface area (TPSA) is 12.5 Å². The molecule has 0 N–H and O–H groups in total. The van der Waals surface area contributed by atoms with Crippen molar-refractivity contribution in [3.8, 4) is 11.5 Å². The van der Waals surface area contributed by atoms with Gasteiger partial charge in [-0.3, -0.25) is 0 Å². The number of ether oxygens (including phenoxy) is 1. The largest absolute Gasteiger partial charge is 0.458 e. The molecule has 0 radical (unpaired) electrons. The first-order chi connectivity index (χ1) is 20.2. The molecule has 3 heteroatoms. The first kappa shape index (κ1) is 24.3. The average molecular weight is 529 g/mol. The van der Waals surface area contributed by atoms with Gasteiger partial charge in [-0.2, -0.15) is 0 Å². The second-order valence-electron chi connectivity index (χ2n) is 11.7. The predicted molar refractivity (Wildman–Crippen MR) is 175 cm³/mol. The Morgan fingerprint density at radius 1 is 0.683 bits per heavy atom. The molecule has 0 aliphatic carbocycles. The summed E-state index contributed by atoms with van der Waals surface area (Å²) in [7, 11) is 0. The van der Waals surface area contributed by atoms with Crippen LogP contribution in [0, 0.1) is 0 Å². The first-order valence-corrected chi connectivity index (χ1v) is 14.9. The highest BCUT2D eigenvalue weighted by molar-refractivity contribution is 7.02. The third-order valence-corrected chi connectivity index (χ3v) is 9.01. The number of anilines is 3. The van der Waals surface area contributed by atoms with Crippen molar-refractivity contribution in [2.75, 3.05) is 4.90 Å². The van der Waals surface area contributed by atoms with E-state index in [2.05, 4.69) is 135 Å². The third kappa shape index (κ3) is 3.51. The Morgan fingerprint density at radius 3 is 2.05 bits per heavy atom. The lowest BCUT2D eigenvalue weighted by Crippen LogP contribution is -2.60. The lowest BCUT2D eigenvalue weighted by atomic mass is 9.33. The molecule has 0 bridgehead atoms. The predicted octanol–water partition coefficient (Wildman–Crippen LogP) is 8.47. The number of benzene rings is 6. The SMILES string of the molecule is CCCc1c(C(C)C)cc2c3c1Oc1ccc4ccccc4c1B3c1c(ccc3ccccc13)N2c1ccccc1. The normalized spacial score (nSPS) is 13.3. The van der Waals surface area contributed by atoms with Gasteiger partial charge in [0.05, 0.1) is 0 Å². The average Bonchev–Trinajstić information content (AvgIpc) is 3.01. The zero-order valence-corrected chi connectivity index (χ0v) is 23.8. The zero-order chi connectivity index (χ0) is 27.7. The van der Waals surface area contributed by atoms with Gasteiger partial charge in [-0.15, -0.1) is 0 Å². The summed E-state index contributed by atoms with van der Waals surface area (Å²) in [5.41, 5.74) is 10.3. The lowest BCUT2D eigenvalue weighted by Gasteiger charge is -2.42. The molecule has 0 amide bonds. The maximum atomic E-state index is 7.09. The Morgan fingerprint density at radius 2 is 1.34 bits per heavy atom. The van der Waals surface area contributed by atoms with E-state index >= 15 is 0 Å². The van der Waals surface area contributed by atoms with Crippen molar-refractivity contribution in [3.63, 3.8) is 0 Å². The summed E-state index contributed by atoms with van der Waals surface area (Å²) in [5, 5.41) is 5.09. The minimum atomic E-state index is 0.0627. The van der Waals surface area contributed by atoms with E-state index < -0.39 is 0 Å². The van der Waals surface area contributed by atoms with Crippen LogP contribution in [0.4, 0.5) is 17.1 Å². The van der Waals surface area contributed by atoms with Gasteiger partial charge in [0.25, 0.3) is 6.71 Å². The van der Waals surface area contributed by atoms with Gasteiger partial charge in [-0.05, 0) is 91.7 Å². The Balaban J connectivity index is 1.58. The molecule has 0 unspecified atom stereocenters. The smallest absolute Gasteiger partial charge is 0.258 e. The number of nitrogens with zero attached hydrogens (tertiary/aromatic N) is 1. The van der Waals surface area contributed by atoms with E-state index in [1.54, 1.807) is 0 Å². The van der Waals surface area contributed by atoms with Crippen LogP contribution in [0.25, 0.3) is 21.5 Å². The fraction of sp³-hybridized carbons (Fsp3) is 0.158. The molecule has 0 atom stereocenters. The Bertz CT molecular complexity index is 1980. The van der Waals surface area contributed by atoms with Crippen molar-refractivity contribution in [3.05, 3.63) is 120 Å². The van der Waals surface area contributed by atoms with Crippen LogP contribution in [0.2, 0.25) is 0 Å². The van der Waals surface area contributed by atoms with Crippen molar-refractivity contribution in [1.82, 2.24) is 0 Å². The van der Waals surface area contributed by atoms with Gasteiger partial charge in [-0.25, -0.2) is 0 Å². The molecule has 0 spiro atoms. The molecule has 0 fully saturated rings. The van der Waals surface area contributed by atoms with Gasteiger partial charge < -0.3 is 9.64 Å². The quantitative estimate of drug-likeness (QED) is 0.212. The zero-order valence-electron chi connectivity index (χ0n) is 23.8. The van der Waals surface area contributed by atoms with Crippen molar-refractivity contribution in [2.45, 2.75) is 39.5 Å². The summed E-state index contributed by atoms with van der Waals surface area (Å²) in [6, 6.07) is 40.0. The number of hydrogen-bond acceptors (Lipinski definition) is 2. The van der Waals surface area contributed by atoms with Gasteiger partial charge in [-0.1, -0.05) is 106 Å². The van der Waals surface area contributed by atoms with Gasteiger partial charge in [0.15, 0.2) is 0 Å². The summed E-state index contributed by atoms with van der Waals surface area (Å²) in [6.07, 6.45) is 2.07. The van der Waals surface area contributed by atoms with Gasteiger partial charge in [0.2, 0.25) is 0 Å². The van der Waals surface area contributed by atoms with Crippen molar-refractivity contribution in [1.29, 1.82) is 0 Å². The fourth-order valence-electron chi connectivity index (χ4n) is 7.30. The molecule has 6 aromatic carbocycles. The van der Waals surface area contributed by atoms with Crippen molar-refractivity contribution < 1.29 is 4.74 Å². The lowest BCUT2D eigenvalue weighted by molar-refractivity contribution is 0.479. The maximum absolute atomic E-state index is 7.09. The van der Waals surface area contributed by atoms with Crippen LogP contribution in [-0.2, 0) is 6.42 Å². The van der Waals surface area contributed by atoms with Gasteiger partial charge >= 0.3 is 0 Å². The van der Waals surface area contributed by atoms with E-state index in [9.17, 15) is 0 Å². The molecule has 41 heavy (non-hydrogen) atoms. The van der Waals surface area contributed by atoms with Crippen LogP contribution in [0.1, 0.15) is 44.2 Å². The molecule has 0 saturated carbocycles. The summed E-state index contributed by atoms with van der Waals surface area (Å²) in [4.78, 5) is 2.48. The monoisotopic (exact) mass is 529 g/mol.